The molecule has 0 fully saturated rings. The smallest absolute Gasteiger partial charge is 0.271 e. The molecule has 2 aromatic carbocycles. The van der Waals surface area contributed by atoms with Crippen LogP contribution in [0.15, 0.2) is 47.6 Å². The molecular weight excluding hydrogens is 377 g/mol. The molecule has 0 radical (unpaired) electrons. The van der Waals surface area contributed by atoms with Crippen molar-refractivity contribution >= 4 is 46.4 Å². The summed E-state index contributed by atoms with van der Waals surface area (Å²) >= 11 is 11.7. The van der Waals surface area contributed by atoms with Gasteiger partial charge in [-0.3, -0.25) is 9.59 Å². The Morgan fingerprint density at radius 1 is 1.08 bits per heavy atom. The molecule has 2 aromatic rings. The molecule has 0 aliphatic heterocycles. The van der Waals surface area contributed by atoms with E-state index >= 15 is 0 Å². The van der Waals surface area contributed by atoms with E-state index in [1.807, 2.05) is 0 Å². The van der Waals surface area contributed by atoms with E-state index in [1.54, 1.807) is 56.5 Å². The SMILES string of the molecule is COc1ccc(C(=O)N/N=C(/C)CC(=O)Nc2ccc(Cl)c(Cl)c2)cc1. The summed E-state index contributed by atoms with van der Waals surface area (Å²) in [5, 5.41) is 7.37. The number of benzene rings is 2. The normalized spacial score (nSPS) is 11.0. The zero-order chi connectivity index (χ0) is 19.1. The highest BCUT2D eigenvalue weighted by Gasteiger charge is 2.08. The average molecular weight is 394 g/mol. The third-order valence-electron chi connectivity index (χ3n) is 3.32. The summed E-state index contributed by atoms with van der Waals surface area (Å²) in [4.78, 5) is 24.0. The Kier molecular flexibility index (Phi) is 7.00. The zero-order valence-corrected chi connectivity index (χ0v) is 15.7. The number of hydrazone groups is 1. The number of ether oxygens (including phenoxy) is 1. The predicted molar refractivity (Wildman–Crippen MR) is 103 cm³/mol. The maximum atomic E-state index is 12.0. The van der Waals surface area contributed by atoms with Crippen LogP contribution in [0.5, 0.6) is 5.75 Å². The van der Waals surface area contributed by atoms with Crippen LogP contribution in [0.3, 0.4) is 0 Å². The van der Waals surface area contributed by atoms with Gasteiger partial charge in [-0.25, -0.2) is 5.43 Å². The zero-order valence-electron chi connectivity index (χ0n) is 14.2. The maximum Gasteiger partial charge on any atom is 0.271 e. The van der Waals surface area contributed by atoms with E-state index in [-0.39, 0.29) is 18.2 Å². The second-order valence-electron chi connectivity index (χ2n) is 5.37. The van der Waals surface area contributed by atoms with Gasteiger partial charge in [-0.05, 0) is 49.4 Å². The summed E-state index contributed by atoms with van der Waals surface area (Å²) in [7, 11) is 1.55. The van der Waals surface area contributed by atoms with Crippen LogP contribution < -0.4 is 15.5 Å². The van der Waals surface area contributed by atoms with Gasteiger partial charge in [0.15, 0.2) is 0 Å². The molecule has 0 bridgehead atoms. The fraction of sp³-hybridized carbons (Fsp3) is 0.167. The van der Waals surface area contributed by atoms with Crippen LogP contribution in [0.25, 0.3) is 0 Å². The third-order valence-corrected chi connectivity index (χ3v) is 4.06. The van der Waals surface area contributed by atoms with E-state index in [9.17, 15) is 9.59 Å². The number of hydrogen-bond donors (Lipinski definition) is 2. The van der Waals surface area contributed by atoms with Crippen LogP contribution in [-0.4, -0.2) is 24.6 Å². The topological polar surface area (TPSA) is 79.8 Å². The van der Waals surface area contributed by atoms with Crippen LogP contribution in [-0.2, 0) is 4.79 Å². The lowest BCUT2D eigenvalue weighted by Crippen LogP contribution is -2.21. The van der Waals surface area contributed by atoms with Crippen molar-refractivity contribution in [1.29, 1.82) is 0 Å². The lowest BCUT2D eigenvalue weighted by Gasteiger charge is -2.07. The molecule has 6 nitrogen and oxygen atoms in total. The van der Waals surface area contributed by atoms with Crippen LogP contribution in [0.4, 0.5) is 5.69 Å². The van der Waals surface area contributed by atoms with Gasteiger partial charge in [-0.1, -0.05) is 23.2 Å². The van der Waals surface area contributed by atoms with Crippen molar-refractivity contribution in [2.24, 2.45) is 5.10 Å². The second-order valence-corrected chi connectivity index (χ2v) is 6.18. The van der Waals surface area contributed by atoms with E-state index in [2.05, 4.69) is 15.8 Å². The first-order valence-electron chi connectivity index (χ1n) is 7.61. The molecule has 8 heteroatoms. The van der Waals surface area contributed by atoms with Crippen molar-refractivity contribution in [3.63, 3.8) is 0 Å². The largest absolute Gasteiger partial charge is 0.497 e. The predicted octanol–water partition coefficient (Wildman–Crippen LogP) is 4.14. The average Bonchev–Trinajstić information content (AvgIpc) is 2.62. The number of amides is 2. The molecule has 0 aliphatic carbocycles. The first-order valence-corrected chi connectivity index (χ1v) is 8.37. The van der Waals surface area contributed by atoms with Gasteiger partial charge in [0.05, 0.1) is 23.6 Å². The summed E-state index contributed by atoms with van der Waals surface area (Å²) in [6.45, 7) is 1.64. The summed E-state index contributed by atoms with van der Waals surface area (Å²) in [5.41, 5.74) is 3.82. The van der Waals surface area contributed by atoms with Gasteiger partial charge in [0.2, 0.25) is 5.91 Å². The number of nitrogens with one attached hydrogen (secondary N) is 2. The third kappa shape index (κ3) is 5.75. The number of carbonyl (C=O) groups is 2. The highest BCUT2D eigenvalue weighted by molar-refractivity contribution is 6.42. The fourth-order valence-corrected chi connectivity index (χ4v) is 2.30. The molecule has 0 unspecified atom stereocenters. The molecular formula is C18H17Cl2N3O3. The lowest BCUT2D eigenvalue weighted by atomic mass is 10.2. The van der Waals surface area contributed by atoms with Gasteiger partial charge >= 0.3 is 0 Å². The first kappa shape index (κ1) is 19.8. The Labute approximate surface area is 161 Å². The minimum Gasteiger partial charge on any atom is -0.497 e. The Bertz CT molecular complexity index is 836. The van der Waals surface area contributed by atoms with Gasteiger partial charge in [0.1, 0.15) is 5.75 Å². The number of halogens is 2. The van der Waals surface area contributed by atoms with Crippen molar-refractivity contribution < 1.29 is 14.3 Å². The highest BCUT2D eigenvalue weighted by Crippen LogP contribution is 2.25. The van der Waals surface area contributed by atoms with Crippen molar-refractivity contribution in [2.45, 2.75) is 13.3 Å². The second kappa shape index (κ2) is 9.22. The van der Waals surface area contributed by atoms with Crippen LogP contribution >= 0.6 is 23.2 Å². The van der Waals surface area contributed by atoms with E-state index in [1.165, 1.54) is 0 Å². The number of rotatable bonds is 6. The summed E-state index contributed by atoms with van der Waals surface area (Å²) in [6.07, 6.45) is 0.0170. The molecule has 0 heterocycles. The van der Waals surface area contributed by atoms with Gasteiger partial charge in [-0.15, -0.1) is 0 Å². The van der Waals surface area contributed by atoms with Crippen LogP contribution in [0.2, 0.25) is 10.0 Å². The summed E-state index contributed by atoms with van der Waals surface area (Å²) in [5.74, 6) is -0.0135. The summed E-state index contributed by atoms with van der Waals surface area (Å²) < 4.78 is 5.03. The monoisotopic (exact) mass is 393 g/mol. The molecule has 136 valence electrons. The lowest BCUT2D eigenvalue weighted by molar-refractivity contribution is -0.115. The highest BCUT2D eigenvalue weighted by atomic mass is 35.5. The molecule has 2 rings (SSSR count). The van der Waals surface area contributed by atoms with Gasteiger partial charge < -0.3 is 10.1 Å². The Hall–Kier alpha value is -2.57. The Morgan fingerprint density at radius 3 is 2.38 bits per heavy atom. The molecule has 2 N–H and O–H groups in total. The van der Waals surface area contributed by atoms with Crippen molar-refractivity contribution in [1.82, 2.24) is 5.43 Å². The molecule has 0 aliphatic rings. The van der Waals surface area contributed by atoms with Crippen molar-refractivity contribution in [3.05, 3.63) is 58.1 Å². The molecule has 0 saturated heterocycles. The maximum absolute atomic E-state index is 12.0. The number of hydrogen-bond acceptors (Lipinski definition) is 4. The number of methoxy groups -OCH3 is 1. The van der Waals surface area contributed by atoms with Crippen LogP contribution in [0.1, 0.15) is 23.7 Å². The molecule has 0 saturated carbocycles. The summed E-state index contributed by atoms with van der Waals surface area (Å²) in [6, 6.07) is 11.4. The van der Waals surface area contributed by atoms with E-state index < -0.39 is 0 Å². The number of anilines is 1. The van der Waals surface area contributed by atoms with Gasteiger partial charge in [0, 0.05) is 17.0 Å². The Morgan fingerprint density at radius 2 is 1.77 bits per heavy atom. The minimum atomic E-state index is -0.378. The molecule has 0 aromatic heterocycles. The molecule has 26 heavy (non-hydrogen) atoms. The van der Waals surface area contributed by atoms with Gasteiger partial charge in [-0.2, -0.15) is 5.10 Å². The standard InChI is InChI=1S/C18H17Cl2N3O3/c1-11(9-17(24)21-13-5-8-15(19)16(20)10-13)22-23-18(25)12-3-6-14(26-2)7-4-12/h3-8,10H,9H2,1-2H3,(H,21,24)(H,23,25)/b22-11-. The van der Waals surface area contributed by atoms with E-state index in [4.69, 9.17) is 27.9 Å². The van der Waals surface area contributed by atoms with Crippen LogP contribution in [0, 0.1) is 0 Å². The molecule has 2 amide bonds. The number of nitrogens with zero attached hydrogens (tertiary/aromatic N) is 1. The molecule has 0 atom stereocenters. The van der Waals surface area contributed by atoms with E-state index in [0.29, 0.717) is 32.8 Å². The van der Waals surface area contributed by atoms with Gasteiger partial charge in [0.25, 0.3) is 5.91 Å². The minimum absolute atomic E-state index is 0.0170. The quantitative estimate of drug-likeness (QED) is 0.571. The first-order chi connectivity index (χ1) is 12.4. The molecule has 0 spiro atoms. The van der Waals surface area contributed by atoms with E-state index in [0.717, 1.165) is 0 Å². The van der Waals surface area contributed by atoms with Crippen molar-refractivity contribution in [2.75, 3.05) is 12.4 Å². The number of carbonyl (C=O) groups excluding carboxylic acids is 2. The Balaban J connectivity index is 1.89. The van der Waals surface area contributed by atoms with Crippen molar-refractivity contribution in [3.8, 4) is 5.75 Å². The fourth-order valence-electron chi connectivity index (χ4n) is 2.00.